The molecule has 0 spiro atoms. The van der Waals surface area contributed by atoms with Crippen LogP contribution in [0.2, 0.25) is 0 Å². The van der Waals surface area contributed by atoms with Crippen LogP contribution in [0.3, 0.4) is 0 Å². The topological polar surface area (TPSA) is 58.6 Å². The Morgan fingerprint density at radius 1 is 0.939 bits per heavy atom. The summed E-state index contributed by atoms with van der Waals surface area (Å²) in [5.41, 5.74) is 1.46. The van der Waals surface area contributed by atoms with E-state index in [4.69, 9.17) is 0 Å². The first-order chi connectivity index (χ1) is 16.0. The number of benzene rings is 2. The van der Waals surface area contributed by atoms with Gasteiger partial charge < -0.3 is 15.0 Å². The van der Waals surface area contributed by atoms with Crippen LogP contribution in [-0.2, 0) is 4.79 Å². The third-order valence-electron chi connectivity index (χ3n) is 6.76. The summed E-state index contributed by atoms with van der Waals surface area (Å²) >= 11 is 0. The van der Waals surface area contributed by atoms with E-state index in [2.05, 4.69) is 34.3 Å². The van der Waals surface area contributed by atoms with Crippen LogP contribution in [0.4, 0.5) is 8.78 Å². The number of piperidine rings is 1. The first kappa shape index (κ1) is 23.2. The molecule has 7 heteroatoms. The standard InChI is InChI=1S/C26H30F2N2O3/c27-26(28)33-23-11-5-4-10-22(23)25(32)30-16-6-9-20(17-30)24(31)29-21-14-12-19(13-15-21)18-7-2-1-3-8-18/h1-5,7-8,10-11,19-21,26H,6,9,12-17H2,(H,29,31). The number of likely N-dealkylation sites (tertiary alicyclic amines) is 1. The number of amides is 2. The second-order valence-electron chi connectivity index (χ2n) is 8.93. The average molecular weight is 457 g/mol. The molecule has 2 aliphatic rings. The molecule has 1 saturated carbocycles. The van der Waals surface area contributed by atoms with E-state index >= 15 is 0 Å². The molecule has 33 heavy (non-hydrogen) atoms. The summed E-state index contributed by atoms with van der Waals surface area (Å²) in [6.07, 6.45) is 5.39. The molecule has 1 atom stereocenters. The smallest absolute Gasteiger partial charge is 0.387 e. The monoisotopic (exact) mass is 456 g/mol. The molecule has 176 valence electrons. The second kappa shape index (κ2) is 10.8. The highest BCUT2D eigenvalue weighted by Gasteiger charge is 2.32. The fourth-order valence-corrected chi connectivity index (χ4v) is 5.00. The lowest BCUT2D eigenvalue weighted by atomic mass is 9.81. The average Bonchev–Trinajstić information content (AvgIpc) is 2.85. The summed E-state index contributed by atoms with van der Waals surface area (Å²) in [6, 6.07) is 16.7. The molecule has 5 nitrogen and oxygen atoms in total. The molecule has 2 fully saturated rings. The van der Waals surface area contributed by atoms with Crippen molar-refractivity contribution >= 4 is 11.8 Å². The van der Waals surface area contributed by atoms with Crippen molar-refractivity contribution in [1.82, 2.24) is 10.2 Å². The summed E-state index contributed by atoms with van der Waals surface area (Å²) in [5, 5.41) is 3.20. The zero-order chi connectivity index (χ0) is 23.2. The minimum atomic E-state index is -3.00. The Hall–Kier alpha value is -2.96. The molecule has 2 aromatic carbocycles. The molecule has 1 saturated heterocycles. The van der Waals surface area contributed by atoms with Crippen LogP contribution in [-0.4, -0.2) is 42.5 Å². The predicted octanol–water partition coefficient (Wildman–Crippen LogP) is 4.98. The van der Waals surface area contributed by atoms with E-state index in [1.54, 1.807) is 17.0 Å². The summed E-state index contributed by atoms with van der Waals surface area (Å²) < 4.78 is 29.9. The Balaban J connectivity index is 1.31. The van der Waals surface area contributed by atoms with Crippen molar-refractivity contribution in [2.75, 3.05) is 13.1 Å². The maximum absolute atomic E-state index is 13.0. The van der Waals surface area contributed by atoms with Gasteiger partial charge in [-0.25, -0.2) is 0 Å². The molecular formula is C26H30F2N2O3. The number of ether oxygens (including phenoxy) is 1. The molecule has 1 heterocycles. The van der Waals surface area contributed by atoms with Crippen molar-refractivity contribution in [1.29, 1.82) is 0 Å². The zero-order valence-electron chi connectivity index (χ0n) is 18.6. The van der Waals surface area contributed by atoms with Gasteiger partial charge >= 0.3 is 6.61 Å². The molecule has 1 aliphatic heterocycles. The minimum Gasteiger partial charge on any atom is -0.434 e. The number of halogens is 2. The van der Waals surface area contributed by atoms with Crippen LogP contribution in [0.15, 0.2) is 54.6 Å². The highest BCUT2D eigenvalue weighted by Crippen LogP contribution is 2.33. The van der Waals surface area contributed by atoms with Gasteiger partial charge in [-0.05, 0) is 62.1 Å². The molecule has 1 aliphatic carbocycles. The van der Waals surface area contributed by atoms with Crippen LogP contribution in [0.25, 0.3) is 0 Å². The fourth-order valence-electron chi connectivity index (χ4n) is 5.00. The quantitative estimate of drug-likeness (QED) is 0.667. The summed E-state index contributed by atoms with van der Waals surface area (Å²) in [7, 11) is 0. The molecule has 0 aromatic heterocycles. The van der Waals surface area contributed by atoms with Gasteiger partial charge in [0, 0.05) is 19.1 Å². The van der Waals surface area contributed by atoms with Crippen molar-refractivity contribution in [2.45, 2.75) is 57.1 Å². The third-order valence-corrected chi connectivity index (χ3v) is 6.76. The van der Waals surface area contributed by atoms with Crippen molar-refractivity contribution in [2.24, 2.45) is 5.92 Å². The van der Waals surface area contributed by atoms with E-state index in [-0.39, 0.29) is 41.6 Å². The minimum absolute atomic E-state index is 0.0206. The van der Waals surface area contributed by atoms with Crippen molar-refractivity contribution in [3.63, 3.8) is 0 Å². The zero-order valence-corrected chi connectivity index (χ0v) is 18.6. The SMILES string of the molecule is O=C(NC1CCC(c2ccccc2)CC1)C1CCCN(C(=O)c2ccccc2OC(F)F)C1. The number of hydrogen-bond donors (Lipinski definition) is 1. The number of alkyl halides is 2. The van der Waals surface area contributed by atoms with Gasteiger partial charge in [0.1, 0.15) is 5.75 Å². The predicted molar refractivity (Wildman–Crippen MR) is 121 cm³/mol. The van der Waals surface area contributed by atoms with Gasteiger partial charge in [0.05, 0.1) is 11.5 Å². The van der Waals surface area contributed by atoms with Gasteiger partial charge in [-0.2, -0.15) is 8.78 Å². The highest BCUT2D eigenvalue weighted by atomic mass is 19.3. The normalized spacial score (nSPS) is 23.2. The van der Waals surface area contributed by atoms with E-state index in [1.807, 2.05) is 6.07 Å². The number of nitrogens with zero attached hydrogens (tertiary/aromatic N) is 1. The lowest BCUT2D eigenvalue weighted by molar-refractivity contribution is -0.127. The number of para-hydroxylation sites is 1. The lowest BCUT2D eigenvalue weighted by Crippen LogP contribution is -2.48. The number of nitrogens with one attached hydrogen (secondary N) is 1. The van der Waals surface area contributed by atoms with Gasteiger partial charge in [-0.15, -0.1) is 0 Å². The molecule has 4 rings (SSSR count). The Morgan fingerprint density at radius 3 is 2.36 bits per heavy atom. The first-order valence-corrected chi connectivity index (χ1v) is 11.7. The van der Waals surface area contributed by atoms with Gasteiger partial charge in [0.15, 0.2) is 0 Å². The molecule has 1 unspecified atom stereocenters. The molecule has 2 aromatic rings. The maximum Gasteiger partial charge on any atom is 0.387 e. The van der Waals surface area contributed by atoms with E-state index in [1.165, 1.54) is 17.7 Å². The Bertz CT molecular complexity index is 946. The number of carbonyl (C=O) groups is 2. The summed E-state index contributed by atoms with van der Waals surface area (Å²) in [5.74, 6) is -0.297. The van der Waals surface area contributed by atoms with Crippen molar-refractivity contribution in [3.8, 4) is 5.75 Å². The van der Waals surface area contributed by atoms with Gasteiger partial charge in [-0.3, -0.25) is 9.59 Å². The summed E-state index contributed by atoms with van der Waals surface area (Å²) in [4.78, 5) is 27.5. The van der Waals surface area contributed by atoms with Gasteiger partial charge in [-0.1, -0.05) is 42.5 Å². The Kier molecular flexibility index (Phi) is 7.57. The third kappa shape index (κ3) is 5.89. The van der Waals surface area contributed by atoms with Crippen molar-refractivity contribution < 1.29 is 23.1 Å². The number of carbonyl (C=O) groups excluding carboxylic acids is 2. The van der Waals surface area contributed by atoms with Crippen molar-refractivity contribution in [3.05, 3.63) is 65.7 Å². The molecule has 1 N–H and O–H groups in total. The van der Waals surface area contributed by atoms with E-state index in [0.29, 0.717) is 25.3 Å². The number of hydrogen-bond acceptors (Lipinski definition) is 3. The largest absolute Gasteiger partial charge is 0.434 e. The van der Waals surface area contributed by atoms with Crippen LogP contribution in [0, 0.1) is 5.92 Å². The van der Waals surface area contributed by atoms with E-state index in [0.717, 1.165) is 25.7 Å². The molecular weight excluding hydrogens is 426 g/mol. The number of rotatable bonds is 6. The Morgan fingerprint density at radius 2 is 1.64 bits per heavy atom. The first-order valence-electron chi connectivity index (χ1n) is 11.7. The fraction of sp³-hybridized carbons (Fsp3) is 0.462. The molecule has 2 amide bonds. The molecule has 0 radical (unpaired) electrons. The van der Waals surface area contributed by atoms with Crippen LogP contribution >= 0.6 is 0 Å². The lowest BCUT2D eigenvalue weighted by Gasteiger charge is -2.34. The van der Waals surface area contributed by atoms with Gasteiger partial charge in [0.25, 0.3) is 5.91 Å². The maximum atomic E-state index is 13.0. The highest BCUT2D eigenvalue weighted by molar-refractivity contribution is 5.97. The van der Waals surface area contributed by atoms with Crippen LogP contribution in [0.1, 0.15) is 60.4 Å². The van der Waals surface area contributed by atoms with E-state index < -0.39 is 6.61 Å². The molecule has 0 bridgehead atoms. The van der Waals surface area contributed by atoms with Gasteiger partial charge in [0.2, 0.25) is 5.91 Å². The van der Waals surface area contributed by atoms with Crippen LogP contribution < -0.4 is 10.1 Å². The van der Waals surface area contributed by atoms with Crippen LogP contribution in [0.5, 0.6) is 5.75 Å². The second-order valence-corrected chi connectivity index (χ2v) is 8.93. The summed E-state index contributed by atoms with van der Waals surface area (Å²) in [6.45, 7) is -2.23. The van der Waals surface area contributed by atoms with E-state index in [9.17, 15) is 18.4 Å². The Labute approximate surface area is 193 Å².